The van der Waals surface area contributed by atoms with Crippen LogP contribution in [0.5, 0.6) is 0 Å². The van der Waals surface area contributed by atoms with Crippen molar-refractivity contribution in [3.05, 3.63) is 64.2 Å². The highest BCUT2D eigenvalue weighted by atomic mass is 79.9. The molecule has 0 aliphatic carbocycles. The minimum atomic E-state index is -0.509. The lowest BCUT2D eigenvalue weighted by atomic mass is 9.97. The predicted octanol–water partition coefficient (Wildman–Crippen LogP) is 4.69. The molecular weight excluding hydrogens is 467 g/mol. The summed E-state index contributed by atoms with van der Waals surface area (Å²) in [6, 6.07) is 10.9. The van der Waals surface area contributed by atoms with Crippen molar-refractivity contribution in [2.24, 2.45) is 0 Å². The van der Waals surface area contributed by atoms with Gasteiger partial charge in [0.2, 0.25) is 17.6 Å². The molecule has 162 valence electrons. The van der Waals surface area contributed by atoms with Crippen LogP contribution in [0.25, 0.3) is 11.4 Å². The number of hydrogen-bond acceptors (Lipinski definition) is 5. The number of carbonyl (C=O) groups is 2. The van der Waals surface area contributed by atoms with Gasteiger partial charge in [-0.3, -0.25) is 9.59 Å². The van der Waals surface area contributed by atoms with Gasteiger partial charge in [-0.15, -0.1) is 0 Å². The molecule has 0 atom stereocenters. The van der Waals surface area contributed by atoms with E-state index in [2.05, 4.69) is 36.7 Å². The Bertz CT molecular complexity index is 1090. The van der Waals surface area contributed by atoms with E-state index < -0.39 is 11.7 Å². The first kappa shape index (κ1) is 22.6. The lowest BCUT2D eigenvalue weighted by Gasteiger charge is -2.10. The van der Waals surface area contributed by atoms with Crippen molar-refractivity contribution < 1.29 is 18.5 Å². The van der Waals surface area contributed by atoms with Crippen molar-refractivity contribution in [2.75, 3.05) is 11.9 Å². The van der Waals surface area contributed by atoms with E-state index in [1.54, 1.807) is 24.3 Å². The summed E-state index contributed by atoms with van der Waals surface area (Å²) in [6.45, 7) is 6.08. The quantitative estimate of drug-likeness (QED) is 0.524. The van der Waals surface area contributed by atoms with Crippen LogP contribution in [0.15, 0.2) is 51.5 Å². The van der Waals surface area contributed by atoms with Gasteiger partial charge >= 0.3 is 0 Å². The number of aromatic nitrogens is 2. The van der Waals surface area contributed by atoms with E-state index in [-0.39, 0.29) is 29.9 Å². The number of anilines is 1. The van der Waals surface area contributed by atoms with E-state index in [0.29, 0.717) is 21.9 Å². The molecule has 7 nitrogen and oxygen atoms in total. The summed E-state index contributed by atoms with van der Waals surface area (Å²) in [5, 5.41) is 9.36. The van der Waals surface area contributed by atoms with Gasteiger partial charge in [-0.05, 0) is 58.4 Å². The monoisotopic (exact) mass is 488 g/mol. The number of carbonyl (C=O) groups excluding carboxylic acids is 2. The maximum atomic E-state index is 13.3. The smallest absolute Gasteiger partial charge is 0.252 e. The highest BCUT2D eigenvalue weighted by molar-refractivity contribution is 9.10. The molecule has 3 aromatic rings. The van der Waals surface area contributed by atoms with Gasteiger partial charge in [0.25, 0.3) is 5.91 Å². The van der Waals surface area contributed by atoms with Crippen LogP contribution in [0.4, 0.5) is 10.1 Å². The molecule has 1 aromatic heterocycles. The summed E-state index contributed by atoms with van der Waals surface area (Å²) >= 11 is 3.21. The Labute approximate surface area is 187 Å². The van der Waals surface area contributed by atoms with Gasteiger partial charge in [0.1, 0.15) is 5.82 Å². The van der Waals surface area contributed by atoms with Gasteiger partial charge < -0.3 is 15.2 Å². The molecule has 2 aromatic carbocycles. The molecule has 0 aliphatic rings. The zero-order chi connectivity index (χ0) is 22.6. The molecule has 0 unspecified atom stereocenters. The van der Waals surface area contributed by atoms with Crippen molar-refractivity contribution in [1.82, 2.24) is 15.5 Å². The second-order valence-corrected chi connectivity index (χ2v) is 8.78. The summed E-state index contributed by atoms with van der Waals surface area (Å²) in [7, 11) is 0. The third-order valence-corrected chi connectivity index (χ3v) is 5.00. The predicted molar refractivity (Wildman–Crippen MR) is 118 cm³/mol. The summed E-state index contributed by atoms with van der Waals surface area (Å²) in [6.07, 6.45) is 0.0697. The summed E-state index contributed by atoms with van der Waals surface area (Å²) < 4.78 is 19.1. The third-order valence-electron chi connectivity index (χ3n) is 4.31. The molecule has 0 saturated heterocycles. The Morgan fingerprint density at radius 1 is 1.13 bits per heavy atom. The van der Waals surface area contributed by atoms with Crippen molar-refractivity contribution in [2.45, 2.75) is 32.6 Å². The normalized spacial score (nSPS) is 11.3. The van der Waals surface area contributed by atoms with Crippen LogP contribution in [0.2, 0.25) is 0 Å². The number of rotatable bonds is 6. The first-order valence-corrected chi connectivity index (χ1v) is 10.4. The maximum absolute atomic E-state index is 13.3. The second-order valence-electron chi connectivity index (χ2n) is 7.93. The van der Waals surface area contributed by atoms with Crippen LogP contribution in [-0.2, 0) is 10.2 Å². The summed E-state index contributed by atoms with van der Waals surface area (Å²) in [4.78, 5) is 28.7. The standard InChI is InChI=1S/C22H22BrFN4O3/c1-22(2,3)21-27-19(28-31-21)13-4-7-15(8-5-13)26-18(29)10-11-25-20(30)16-12-14(24)6-9-17(16)23/h4-9,12H,10-11H2,1-3H3,(H,25,30)(H,26,29). The lowest BCUT2D eigenvalue weighted by Crippen LogP contribution is -2.28. The Balaban J connectivity index is 1.51. The van der Waals surface area contributed by atoms with E-state index in [0.717, 1.165) is 11.6 Å². The second kappa shape index (κ2) is 9.38. The van der Waals surface area contributed by atoms with Crippen LogP contribution < -0.4 is 10.6 Å². The number of benzene rings is 2. The molecule has 0 aliphatic heterocycles. The van der Waals surface area contributed by atoms with Crippen LogP contribution in [-0.4, -0.2) is 28.5 Å². The van der Waals surface area contributed by atoms with E-state index in [4.69, 9.17) is 4.52 Å². The zero-order valence-electron chi connectivity index (χ0n) is 17.3. The highest BCUT2D eigenvalue weighted by Crippen LogP contribution is 2.24. The summed E-state index contributed by atoms with van der Waals surface area (Å²) in [5.74, 6) is -0.203. The molecule has 31 heavy (non-hydrogen) atoms. The molecule has 0 radical (unpaired) electrons. The molecule has 2 amide bonds. The molecule has 2 N–H and O–H groups in total. The number of hydrogen-bond donors (Lipinski definition) is 2. The molecule has 0 fully saturated rings. The fourth-order valence-electron chi connectivity index (χ4n) is 2.63. The molecule has 0 spiro atoms. The lowest BCUT2D eigenvalue weighted by molar-refractivity contribution is -0.116. The highest BCUT2D eigenvalue weighted by Gasteiger charge is 2.22. The van der Waals surface area contributed by atoms with Crippen molar-refractivity contribution in [3.63, 3.8) is 0 Å². The SMILES string of the molecule is CC(C)(C)c1nc(-c2ccc(NC(=O)CCNC(=O)c3cc(F)ccc3Br)cc2)no1. The molecule has 3 rings (SSSR count). The van der Waals surface area contributed by atoms with Gasteiger partial charge in [-0.1, -0.05) is 25.9 Å². The Morgan fingerprint density at radius 3 is 2.48 bits per heavy atom. The zero-order valence-corrected chi connectivity index (χ0v) is 18.9. The molecule has 0 bridgehead atoms. The number of nitrogens with zero attached hydrogens (tertiary/aromatic N) is 2. The summed E-state index contributed by atoms with van der Waals surface area (Å²) in [5.41, 5.74) is 1.31. The van der Waals surface area contributed by atoms with Crippen molar-refractivity contribution in [3.8, 4) is 11.4 Å². The molecule has 9 heteroatoms. The van der Waals surface area contributed by atoms with Crippen molar-refractivity contribution in [1.29, 1.82) is 0 Å². The van der Waals surface area contributed by atoms with Crippen LogP contribution in [0, 0.1) is 5.82 Å². The fourth-order valence-corrected chi connectivity index (χ4v) is 3.05. The Morgan fingerprint density at radius 2 is 1.84 bits per heavy atom. The van der Waals surface area contributed by atoms with Gasteiger partial charge in [-0.25, -0.2) is 4.39 Å². The fraction of sp³-hybridized carbons (Fsp3) is 0.273. The molecule has 0 saturated carbocycles. The largest absolute Gasteiger partial charge is 0.351 e. The van der Waals surface area contributed by atoms with E-state index >= 15 is 0 Å². The van der Waals surface area contributed by atoms with E-state index in [1.165, 1.54) is 12.1 Å². The topological polar surface area (TPSA) is 97.1 Å². The van der Waals surface area contributed by atoms with E-state index in [1.807, 2.05) is 20.8 Å². The average molecular weight is 489 g/mol. The number of amides is 2. The first-order valence-electron chi connectivity index (χ1n) is 9.61. The third kappa shape index (κ3) is 5.97. The van der Waals surface area contributed by atoms with Crippen molar-refractivity contribution >= 4 is 33.4 Å². The van der Waals surface area contributed by atoms with Gasteiger partial charge in [-0.2, -0.15) is 4.98 Å². The Kier molecular flexibility index (Phi) is 6.84. The molecular formula is C22H22BrFN4O3. The van der Waals surface area contributed by atoms with Crippen LogP contribution in [0.1, 0.15) is 43.4 Å². The van der Waals surface area contributed by atoms with Gasteiger partial charge in [0.15, 0.2) is 0 Å². The Hall–Kier alpha value is -3.07. The maximum Gasteiger partial charge on any atom is 0.252 e. The van der Waals surface area contributed by atoms with Crippen LogP contribution in [0.3, 0.4) is 0 Å². The molecule has 1 heterocycles. The van der Waals surface area contributed by atoms with E-state index in [9.17, 15) is 14.0 Å². The number of nitrogens with one attached hydrogen (secondary N) is 2. The van der Waals surface area contributed by atoms with Gasteiger partial charge in [0.05, 0.1) is 5.56 Å². The minimum absolute atomic E-state index is 0.0697. The van der Waals surface area contributed by atoms with Crippen LogP contribution >= 0.6 is 15.9 Å². The van der Waals surface area contributed by atoms with Gasteiger partial charge in [0, 0.05) is 34.1 Å². The minimum Gasteiger partial charge on any atom is -0.351 e. The number of halogens is 2. The average Bonchev–Trinajstić information content (AvgIpc) is 3.21. The first-order chi connectivity index (χ1) is 14.6.